The average molecular weight is 723 g/mol. The van der Waals surface area contributed by atoms with Crippen LogP contribution < -0.4 is 26.6 Å². The van der Waals surface area contributed by atoms with Crippen molar-refractivity contribution in [2.75, 3.05) is 19.6 Å². The molecule has 53 heavy (non-hydrogen) atoms. The summed E-state index contributed by atoms with van der Waals surface area (Å²) in [7, 11) is 0. The molecule has 11 heteroatoms. The van der Waals surface area contributed by atoms with Crippen LogP contribution in [-0.2, 0) is 36.1 Å². The molecule has 3 aromatic rings. The lowest BCUT2D eigenvalue weighted by Gasteiger charge is -2.37. The lowest BCUT2D eigenvalue weighted by molar-refractivity contribution is -0.144. The van der Waals surface area contributed by atoms with Crippen LogP contribution in [0.4, 0.5) is 0 Å². The first kappa shape index (κ1) is 39.2. The fourth-order valence-electron chi connectivity index (χ4n) is 7.66. The summed E-state index contributed by atoms with van der Waals surface area (Å²) < 4.78 is 0. The molecule has 0 spiro atoms. The van der Waals surface area contributed by atoms with E-state index >= 15 is 0 Å². The van der Waals surface area contributed by atoms with Gasteiger partial charge in [0.2, 0.25) is 23.6 Å². The molecule has 2 fully saturated rings. The number of carbonyl (C=O) groups is 5. The van der Waals surface area contributed by atoms with E-state index in [1.54, 1.807) is 29.2 Å². The minimum atomic E-state index is -1.64. The van der Waals surface area contributed by atoms with Crippen molar-refractivity contribution in [3.8, 4) is 0 Å². The number of fused-ring (bicyclic) bond motifs is 1. The first-order valence-electron chi connectivity index (χ1n) is 19.1. The van der Waals surface area contributed by atoms with Crippen LogP contribution in [0.15, 0.2) is 91.0 Å². The Morgan fingerprint density at radius 1 is 0.717 bits per heavy atom. The molecule has 0 radical (unpaired) electrons. The SMILES string of the molecule is CCCC(=O)NCCNC(=O)C(NC(=O)C1CCC2CCC(CNCc3ccccc3)C(NC(=O)CCC)C(=O)N21)(c1ccccc1)c1ccccc1. The van der Waals surface area contributed by atoms with Crippen molar-refractivity contribution in [1.29, 1.82) is 0 Å². The summed E-state index contributed by atoms with van der Waals surface area (Å²) >= 11 is 0. The van der Waals surface area contributed by atoms with Gasteiger partial charge in [-0.05, 0) is 55.2 Å². The van der Waals surface area contributed by atoms with Crippen molar-refractivity contribution >= 4 is 29.5 Å². The summed E-state index contributed by atoms with van der Waals surface area (Å²) in [5.41, 5.74) is 0.594. The van der Waals surface area contributed by atoms with E-state index in [0.717, 1.165) is 5.56 Å². The van der Waals surface area contributed by atoms with Crippen LogP contribution in [0.25, 0.3) is 0 Å². The van der Waals surface area contributed by atoms with Gasteiger partial charge in [0.1, 0.15) is 12.1 Å². The Hall–Kier alpha value is -5.03. The molecule has 2 heterocycles. The maximum absolute atomic E-state index is 14.7. The number of hydrogen-bond donors (Lipinski definition) is 5. The summed E-state index contributed by atoms with van der Waals surface area (Å²) in [5.74, 6) is -1.62. The first-order valence-corrected chi connectivity index (χ1v) is 19.1. The molecular weight excluding hydrogens is 668 g/mol. The third kappa shape index (κ3) is 9.70. The quantitative estimate of drug-likeness (QED) is 0.134. The Morgan fingerprint density at radius 3 is 1.91 bits per heavy atom. The van der Waals surface area contributed by atoms with Gasteiger partial charge in [0, 0.05) is 51.0 Å². The zero-order valence-corrected chi connectivity index (χ0v) is 30.9. The van der Waals surface area contributed by atoms with Crippen LogP contribution in [-0.4, -0.2) is 72.2 Å². The van der Waals surface area contributed by atoms with Crippen LogP contribution in [0.5, 0.6) is 0 Å². The molecule has 2 aliphatic rings. The number of carbonyl (C=O) groups excluding carboxylic acids is 5. The van der Waals surface area contributed by atoms with Crippen molar-refractivity contribution in [3.63, 3.8) is 0 Å². The van der Waals surface area contributed by atoms with Crippen LogP contribution in [0.3, 0.4) is 0 Å². The molecule has 5 N–H and O–H groups in total. The predicted molar refractivity (Wildman–Crippen MR) is 204 cm³/mol. The molecule has 5 rings (SSSR count). The molecular formula is C42H54N6O5. The monoisotopic (exact) mass is 722 g/mol. The van der Waals surface area contributed by atoms with E-state index in [0.29, 0.717) is 75.6 Å². The molecule has 5 amide bonds. The molecule has 11 nitrogen and oxygen atoms in total. The standard InChI is InChI=1S/C42H54N6O5/c1-3-14-36(49)44-26-27-45-41(53)42(32-18-10-6-11-19-32,33-20-12-7-13-21-33)47-39(51)35-25-24-34-23-22-31(29-43-28-30-16-8-5-9-17-30)38(40(52)48(34)35)46-37(50)15-4-2/h5-13,16-21,31,34-35,38,43H,3-4,14-15,22-29H2,1-2H3,(H,44,49)(H,45,53)(H,46,50)(H,47,51). The topological polar surface area (TPSA) is 149 Å². The largest absolute Gasteiger partial charge is 0.354 e. The lowest BCUT2D eigenvalue weighted by Crippen LogP contribution is -2.62. The van der Waals surface area contributed by atoms with Gasteiger partial charge in [-0.15, -0.1) is 0 Å². The molecule has 3 aromatic carbocycles. The Balaban J connectivity index is 1.42. The van der Waals surface area contributed by atoms with Gasteiger partial charge < -0.3 is 31.5 Å². The van der Waals surface area contributed by atoms with Crippen molar-refractivity contribution in [3.05, 3.63) is 108 Å². The summed E-state index contributed by atoms with van der Waals surface area (Å²) in [6.07, 6.45) is 4.53. The highest BCUT2D eigenvalue weighted by atomic mass is 16.2. The summed E-state index contributed by atoms with van der Waals surface area (Å²) in [6.45, 7) is 5.40. The van der Waals surface area contributed by atoms with Gasteiger partial charge >= 0.3 is 0 Å². The second kappa shape index (κ2) is 19.2. The summed E-state index contributed by atoms with van der Waals surface area (Å²) in [5, 5.41) is 15.5. The minimum Gasteiger partial charge on any atom is -0.354 e. The van der Waals surface area contributed by atoms with E-state index in [4.69, 9.17) is 0 Å². The molecule has 0 bridgehead atoms. The molecule has 0 aliphatic carbocycles. The van der Waals surface area contributed by atoms with E-state index in [-0.39, 0.29) is 42.8 Å². The first-order chi connectivity index (χ1) is 25.8. The summed E-state index contributed by atoms with van der Waals surface area (Å²) in [6, 6.07) is 26.4. The molecule has 282 valence electrons. The number of nitrogens with zero attached hydrogens (tertiary/aromatic N) is 1. The van der Waals surface area contributed by atoms with E-state index in [2.05, 4.69) is 26.6 Å². The average Bonchev–Trinajstić information content (AvgIpc) is 3.56. The Morgan fingerprint density at radius 2 is 1.28 bits per heavy atom. The van der Waals surface area contributed by atoms with E-state index in [9.17, 15) is 24.0 Å². The molecule has 4 atom stereocenters. The molecule has 2 aliphatic heterocycles. The smallest absolute Gasteiger partial charge is 0.255 e. The fraction of sp³-hybridized carbons (Fsp3) is 0.452. The van der Waals surface area contributed by atoms with Crippen LogP contribution >= 0.6 is 0 Å². The molecule has 4 unspecified atom stereocenters. The number of hydrogen-bond acceptors (Lipinski definition) is 6. The van der Waals surface area contributed by atoms with Crippen molar-refractivity contribution in [1.82, 2.24) is 31.5 Å². The van der Waals surface area contributed by atoms with E-state index < -0.39 is 29.4 Å². The van der Waals surface area contributed by atoms with E-state index in [1.807, 2.05) is 80.6 Å². The predicted octanol–water partition coefficient (Wildman–Crippen LogP) is 3.92. The van der Waals surface area contributed by atoms with Gasteiger partial charge in [-0.3, -0.25) is 24.0 Å². The summed E-state index contributed by atoms with van der Waals surface area (Å²) in [4.78, 5) is 70.6. The highest BCUT2D eigenvalue weighted by Crippen LogP contribution is 2.36. The number of rotatable bonds is 17. The normalized spacial score (nSPS) is 19.8. The van der Waals surface area contributed by atoms with Crippen molar-refractivity contribution in [2.24, 2.45) is 5.92 Å². The molecule has 2 saturated heterocycles. The zero-order chi connectivity index (χ0) is 37.6. The van der Waals surface area contributed by atoms with Gasteiger partial charge in [0.25, 0.3) is 5.91 Å². The van der Waals surface area contributed by atoms with Gasteiger partial charge in [0.15, 0.2) is 5.54 Å². The van der Waals surface area contributed by atoms with Gasteiger partial charge in [0.05, 0.1) is 0 Å². The van der Waals surface area contributed by atoms with Gasteiger partial charge in [-0.25, -0.2) is 0 Å². The number of nitrogens with one attached hydrogen (secondary N) is 5. The third-order valence-corrected chi connectivity index (χ3v) is 10.3. The second-order valence-corrected chi connectivity index (χ2v) is 14.1. The fourth-order valence-corrected chi connectivity index (χ4v) is 7.66. The van der Waals surface area contributed by atoms with Gasteiger partial charge in [-0.2, -0.15) is 0 Å². The highest BCUT2D eigenvalue weighted by Gasteiger charge is 2.50. The lowest BCUT2D eigenvalue weighted by atomic mass is 9.81. The minimum absolute atomic E-state index is 0.0938. The second-order valence-electron chi connectivity index (χ2n) is 14.1. The maximum Gasteiger partial charge on any atom is 0.255 e. The third-order valence-electron chi connectivity index (χ3n) is 10.3. The highest BCUT2D eigenvalue weighted by molar-refractivity contribution is 5.99. The number of amides is 5. The molecule has 0 saturated carbocycles. The van der Waals surface area contributed by atoms with Crippen molar-refractivity contribution in [2.45, 2.75) is 95.4 Å². The van der Waals surface area contributed by atoms with Crippen LogP contribution in [0.2, 0.25) is 0 Å². The Kier molecular flexibility index (Phi) is 14.2. The van der Waals surface area contributed by atoms with Crippen LogP contribution in [0.1, 0.15) is 81.9 Å². The van der Waals surface area contributed by atoms with Gasteiger partial charge in [-0.1, -0.05) is 105 Å². The maximum atomic E-state index is 14.7. The zero-order valence-electron chi connectivity index (χ0n) is 30.9. The van der Waals surface area contributed by atoms with E-state index in [1.165, 1.54) is 0 Å². The Labute approximate surface area is 313 Å². The van der Waals surface area contributed by atoms with Crippen LogP contribution in [0, 0.1) is 5.92 Å². The number of benzene rings is 3. The van der Waals surface area contributed by atoms with Crippen molar-refractivity contribution < 1.29 is 24.0 Å². The Bertz CT molecular complexity index is 1630. The molecule has 0 aromatic heterocycles.